The maximum Gasteiger partial charge on any atom is 0.416 e. The van der Waals surface area contributed by atoms with Gasteiger partial charge in [-0.25, -0.2) is 9.97 Å². The van der Waals surface area contributed by atoms with E-state index in [-0.39, 0.29) is 28.8 Å². The molecule has 0 spiro atoms. The number of imidazole rings is 1. The second kappa shape index (κ2) is 7.35. The van der Waals surface area contributed by atoms with Crippen LogP contribution < -0.4 is 10.1 Å². The summed E-state index contributed by atoms with van der Waals surface area (Å²) < 4.78 is 44.3. The van der Waals surface area contributed by atoms with Crippen LogP contribution in [0.5, 0.6) is 11.6 Å². The van der Waals surface area contributed by atoms with E-state index in [1.807, 2.05) is 0 Å². The third kappa shape index (κ3) is 3.85. The average Bonchev–Trinajstić information content (AvgIpc) is 3.11. The zero-order valence-corrected chi connectivity index (χ0v) is 15.0. The van der Waals surface area contributed by atoms with Crippen molar-refractivity contribution in [3.05, 3.63) is 76.5 Å². The normalized spacial score (nSPS) is 11.4. The summed E-state index contributed by atoms with van der Waals surface area (Å²) in [5.74, 6) is 0.139. The lowest BCUT2D eigenvalue weighted by molar-refractivity contribution is -0.383. The van der Waals surface area contributed by atoms with Crippen LogP contribution in [-0.4, -0.2) is 19.9 Å². The van der Waals surface area contributed by atoms with Crippen molar-refractivity contribution in [1.82, 2.24) is 15.0 Å². The molecule has 0 amide bonds. The highest BCUT2D eigenvalue weighted by Crippen LogP contribution is 2.34. The summed E-state index contributed by atoms with van der Waals surface area (Å²) in [7, 11) is 0. The van der Waals surface area contributed by atoms with Crippen molar-refractivity contribution in [1.29, 1.82) is 0 Å². The van der Waals surface area contributed by atoms with Crippen LogP contribution in [0.2, 0.25) is 0 Å². The number of H-pyrrole nitrogens is 1. The molecule has 2 aromatic carbocycles. The second-order valence-corrected chi connectivity index (χ2v) is 6.12. The highest BCUT2D eigenvalue weighted by molar-refractivity contribution is 5.86. The zero-order chi connectivity index (χ0) is 21.3. The molecule has 0 atom stereocenters. The fourth-order valence-corrected chi connectivity index (χ4v) is 2.77. The lowest BCUT2D eigenvalue weighted by atomic mass is 10.2. The first-order valence-corrected chi connectivity index (χ1v) is 8.51. The summed E-state index contributed by atoms with van der Waals surface area (Å²) in [5.41, 5.74) is -0.111. The van der Waals surface area contributed by atoms with E-state index in [4.69, 9.17) is 4.74 Å². The lowest BCUT2D eigenvalue weighted by Gasteiger charge is -2.12. The number of aromatic amines is 1. The van der Waals surface area contributed by atoms with Gasteiger partial charge >= 0.3 is 6.18 Å². The van der Waals surface area contributed by atoms with Crippen molar-refractivity contribution in [2.75, 3.05) is 5.32 Å². The molecule has 0 fully saturated rings. The Morgan fingerprint density at radius 2 is 1.90 bits per heavy atom. The number of non-ortho nitro benzene ring substituents is 1. The predicted molar refractivity (Wildman–Crippen MR) is 102 cm³/mol. The van der Waals surface area contributed by atoms with Gasteiger partial charge in [-0.2, -0.15) is 13.2 Å². The van der Waals surface area contributed by atoms with Crippen molar-refractivity contribution in [3.8, 4) is 11.6 Å². The number of benzene rings is 2. The first-order valence-electron chi connectivity index (χ1n) is 8.51. The number of anilines is 2. The number of nitro groups is 1. The smallest absolute Gasteiger partial charge is 0.416 e. The second-order valence-electron chi connectivity index (χ2n) is 6.12. The van der Waals surface area contributed by atoms with Gasteiger partial charge in [0.15, 0.2) is 5.52 Å². The highest BCUT2D eigenvalue weighted by atomic mass is 19.4. The molecule has 4 aromatic rings. The van der Waals surface area contributed by atoms with Crippen LogP contribution in [0.1, 0.15) is 5.56 Å². The van der Waals surface area contributed by atoms with Crippen LogP contribution in [0, 0.1) is 10.1 Å². The van der Waals surface area contributed by atoms with Crippen molar-refractivity contribution in [2.24, 2.45) is 0 Å². The van der Waals surface area contributed by atoms with Crippen molar-refractivity contribution in [2.45, 2.75) is 6.18 Å². The molecule has 8 nitrogen and oxygen atoms in total. The third-order valence-electron chi connectivity index (χ3n) is 4.09. The van der Waals surface area contributed by atoms with Gasteiger partial charge in [0.1, 0.15) is 11.4 Å². The lowest BCUT2D eigenvalue weighted by Crippen LogP contribution is -2.04. The van der Waals surface area contributed by atoms with E-state index in [0.717, 1.165) is 12.1 Å². The van der Waals surface area contributed by atoms with Crippen molar-refractivity contribution >= 4 is 28.4 Å². The van der Waals surface area contributed by atoms with Crippen LogP contribution in [0.3, 0.4) is 0 Å². The number of ether oxygens (including phenoxy) is 1. The molecule has 11 heteroatoms. The number of halogens is 3. The number of hydrogen-bond donors (Lipinski definition) is 2. The first kappa shape index (κ1) is 19.2. The molecule has 0 aliphatic heterocycles. The molecular weight excluding hydrogens is 403 g/mol. The minimum Gasteiger partial charge on any atom is -0.437 e. The Morgan fingerprint density at radius 1 is 1.10 bits per heavy atom. The minimum absolute atomic E-state index is 0.00628. The van der Waals surface area contributed by atoms with Crippen LogP contribution in [0.4, 0.5) is 30.5 Å². The molecule has 2 aromatic heterocycles. The summed E-state index contributed by atoms with van der Waals surface area (Å²) in [4.78, 5) is 21.7. The van der Waals surface area contributed by atoms with Gasteiger partial charge in [0, 0.05) is 12.3 Å². The van der Waals surface area contributed by atoms with E-state index in [1.54, 1.807) is 18.2 Å². The van der Waals surface area contributed by atoms with Crippen molar-refractivity contribution < 1.29 is 22.8 Å². The number of rotatable bonds is 5. The molecule has 0 radical (unpaired) electrons. The van der Waals surface area contributed by atoms with E-state index < -0.39 is 16.7 Å². The average molecular weight is 415 g/mol. The molecule has 152 valence electrons. The number of hydrogen-bond acceptors (Lipinski definition) is 6. The Balaban J connectivity index is 1.64. The standard InChI is InChI=1S/C19H12F3N5O3/c20-19(21,22)11-4-1-5-12(10-11)30-17-14(7-3-9-23-17)25-18-24-13-6-2-8-15(27(28)29)16(13)26-18/h1-10H,(H2,24,25,26). The molecule has 0 saturated carbocycles. The number of nitrogens with zero attached hydrogens (tertiary/aromatic N) is 3. The molecule has 2 N–H and O–H groups in total. The Morgan fingerprint density at radius 3 is 2.67 bits per heavy atom. The van der Waals surface area contributed by atoms with Gasteiger partial charge in [0.05, 0.1) is 16.0 Å². The summed E-state index contributed by atoms with van der Waals surface area (Å²) >= 11 is 0. The van der Waals surface area contributed by atoms with E-state index in [2.05, 4.69) is 20.3 Å². The van der Waals surface area contributed by atoms with Gasteiger partial charge < -0.3 is 15.0 Å². The summed E-state index contributed by atoms with van der Waals surface area (Å²) in [5, 5.41) is 14.1. The molecule has 0 unspecified atom stereocenters. The Hall–Kier alpha value is -4.15. The maximum absolute atomic E-state index is 12.9. The zero-order valence-electron chi connectivity index (χ0n) is 15.0. The van der Waals surface area contributed by atoms with Crippen LogP contribution >= 0.6 is 0 Å². The summed E-state index contributed by atoms with van der Waals surface area (Å²) in [6.45, 7) is 0. The van der Waals surface area contributed by atoms with Crippen LogP contribution in [-0.2, 0) is 6.18 Å². The summed E-state index contributed by atoms with van der Waals surface area (Å²) in [6.07, 6.45) is -3.09. The van der Waals surface area contributed by atoms with Crippen LogP contribution in [0.25, 0.3) is 11.0 Å². The molecule has 2 heterocycles. The van der Waals surface area contributed by atoms with Crippen LogP contribution in [0.15, 0.2) is 60.8 Å². The minimum atomic E-state index is -4.51. The largest absolute Gasteiger partial charge is 0.437 e. The van der Waals surface area contributed by atoms with Gasteiger partial charge in [-0.15, -0.1) is 0 Å². The molecule has 0 bridgehead atoms. The number of alkyl halides is 3. The van der Waals surface area contributed by atoms with Gasteiger partial charge in [-0.1, -0.05) is 12.1 Å². The Bertz CT molecular complexity index is 1240. The van der Waals surface area contributed by atoms with Gasteiger partial charge in [0.2, 0.25) is 11.8 Å². The van der Waals surface area contributed by atoms with E-state index in [1.165, 1.54) is 30.5 Å². The summed E-state index contributed by atoms with van der Waals surface area (Å²) in [6, 6.07) is 12.1. The number of nitrogens with one attached hydrogen (secondary N) is 2. The van der Waals surface area contributed by atoms with Gasteiger partial charge in [0.25, 0.3) is 5.69 Å². The molecule has 0 saturated heterocycles. The first-order chi connectivity index (χ1) is 14.3. The predicted octanol–water partition coefficient (Wildman–Crippen LogP) is 5.42. The van der Waals surface area contributed by atoms with Crippen molar-refractivity contribution in [3.63, 3.8) is 0 Å². The number of fused-ring (bicyclic) bond motifs is 1. The van der Waals surface area contributed by atoms with Gasteiger partial charge in [-0.05, 0) is 36.4 Å². The van der Waals surface area contributed by atoms with E-state index in [9.17, 15) is 23.3 Å². The quantitative estimate of drug-likeness (QED) is 0.333. The molecule has 30 heavy (non-hydrogen) atoms. The fourth-order valence-electron chi connectivity index (χ4n) is 2.77. The molecule has 4 rings (SSSR count). The van der Waals surface area contributed by atoms with Gasteiger partial charge in [-0.3, -0.25) is 10.1 Å². The number of pyridine rings is 1. The fraction of sp³-hybridized carbons (Fsp3) is 0.0526. The molecular formula is C19H12F3N5O3. The Kier molecular flexibility index (Phi) is 4.70. The number of para-hydroxylation sites is 1. The molecule has 0 aliphatic rings. The topological polar surface area (TPSA) is 106 Å². The van der Waals surface area contributed by atoms with E-state index in [0.29, 0.717) is 11.2 Å². The highest BCUT2D eigenvalue weighted by Gasteiger charge is 2.30. The third-order valence-corrected chi connectivity index (χ3v) is 4.09. The Labute approximate surface area is 166 Å². The SMILES string of the molecule is O=[N+]([O-])c1cccc2[nH]c(Nc3cccnc3Oc3cccc(C(F)(F)F)c3)nc12. The number of aromatic nitrogens is 3. The number of nitro benzene ring substituents is 1. The monoisotopic (exact) mass is 415 g/mol. The molecule has 0 aliphatic carbocycles. The maximum atomic E-state index is 12.9. The van der Waals surface area contributed by atoms with E-state index >= 15 is 0 Å².